The van der Waals surface area contributed by atoms with Crippen LogP contribution >= 0.6 is 11.8 Å². The van der Waals surface area contributed by atoms with E-state index in [1.54, 1.807) is 17.8 Å². The summed E-state index contributed by atoms with van der Waals surface area (Å²) in [4.78, 5) is 25.6. The summed E-state index contributed by atoms with van der Waals surface area (Å²) >= 11 is 1.28. The van der Waals surface area contributed by atoms with Crippen LogP contribution in [0.25, 0.3) is 0 Å². The zero-order valence-corrected chi connectivity index (χ0v) is 12.9. The van der Waals surface area contributed by atoms with Crippen molar-refractivity contribution >= 4 is 29.3 Å². The van der Waals surface area contributed by atoms with Crippen LogP contribution < -0.4 is 10.6 Å². The number of rotatable bonds is 4. The molecule has 114 valence electrons. The standard InChI is InChI=1S/C15H16N4O2S/c1-15(13(20)16-8-10-19-9-4-7-17-19)14(21)18-11-5-2-3-6-12(11)22-15/h2-7,9H,8,10H2,1H3,(H,16,20)(H,18,21)/t15-/m1/s1. The van der Waals surface area contributed by atoms with Crippen LogP contribution in [-0.2, 0) is 16.1 Å². The van der Waals surface area contributed by atoms with Crippen molar-refractivity contribution in [2.45, 2.75) is 23.1 Å². The van der Waals surface area contributed by atoms with Crippen molar-refractivity contribution in [1.82, 2.24) is 15.1 Å². The molecule has 0 spiro atoms. The molecule has 1 atom stereocenters. The number of hydrogen-bond acceptors (Lipinski definition) is 4. The van der Waals surface area contributed by atoms with E-state index in [9.17, 15) is 9.59 Å². The Morgan fingerprint density at radius 3 is 3.00 bits per heavy atom. The average Bonchev–Trinajstić information content (AvgIpc) is 3.01. The molecular formula is C15H16N4O2S. The Morgan fingerprint density at radius 1 is 1.41 bits per heavy atom. The van der Waals surface area contributed by atoms with Gasteiger partial charge in [-0.25, -0.2) is 0 Å². The Labute approximate surface area is 132 Å². The lowest BCUT2D eigenvalue weighted by molar-refractivity contribution is -0.129. The van der Waals surface area contributed by atoms with Gasteiger partial charge in [0, 0.05) is 23.8 Å². The summed E-state index contributed by atoms with van der Waals surface area (Å²) in [6.07, 6.45) is 3.51. The Balaban J connectivity index is 1.67. The Morgan fingerprint density at radius 2 is 2.23 bits per heavy atom. The molecule has 1 aromatic carbocycles. The van der Waals surface area contributed by atoms with E-state index in [0.717, 1.165) is 10.6 Å². The zero-order valence-electron chi connectivity index (χ0n) is 12.1. The van der Waals surface area contributed by atoms with Gasteiger partial charge in [0.25, 0.3) is 0 Å². The molecule has 1 aliphatic heterocycles. The highest BCUT2D eigenvalue weighted by atomic mass is 32.2. The number of carbonyl (C=O) groups is 2. The van der Waals surface area contributed by atoms with Crippen LogP contribution in [0.2, 0.25) is 0 Å². The van der Waals surface area contributed by atoms with Crippen LogP contribution in [0.3, 0.4) is 0 Å². The normalized spacial score (nSPS) is 20.1. The summed E-state index contributed by atoms with van der Waals surface area (Å²) in [6, 6.07) is 9.29. The molecule has 3 rings (SSSR count). The van der Waals surface area contributed by atoms with E-state index in [2.05, 4.69) is 15.7 Å². The molecule has 0 saturated heterocycles. The van der Waals surface area contributed by atoms with Crippen LogP contribution in [0.5, 0.6) is 0 Å². The van der Waals surface area contributed by atoms with Crippen molar-refractivity contribution in [3.8, 4) is 0 Å². The van der Waals surface area contributed by atoms with Gasteiger partial charge >= 0.3 is 0 Å². The van der Waals surface area contributed by atoms with Gasteiger partial charge < -0.3 is 10.6 Å². The van der Waals surface area contributed by atoms with Crippen LogP contribution in [-0.4, -0.2) is 32.9 Å². The number of fused-ring (bicyclic) bond motifs is 1. The Bertz CT molecular complexity index is 701. The van der Waals surface area contributed by atoms with E-state index < -0.39 is 4.75 Å². The first-order chi connectivity index (χ1) is 10.6. The molecule has 0 unspecified atom stereocenters. The van der Waals surface area contributed by atoms with Crippen LogP contribution in [0.4, 0.5) is 5.69 Å². The number of nitrogens with zero attached hydrogens (tertiary/aromatic N) is 2. The Hall–Kier alpha value is -2.28. The Kier molecular flexibility index (Phi) is 3.89. The van der Waals surface area contributed by atoms with Crippen LogP contribution in [0, 0.1) is 0 Å². The van der Waals surface area contributed by atoms with Gasteiger partial charge in [0.15, 0.2) is 4.75 Å². The first kappa shape index (κ1) is 14.6. The molecule has 2 N–H and O–H groups in total. The quantitative estimate of drug-likeness (QED) is 0.838. The van der Waals surface area contributed by atoms with Crippen molar-refractivity contribution in [2.24, 2.45) is 0 Å². The highest BCUT2D eigenvalue weighted by Crippen LogP contribution is 2.42. The molecule has 0 bridgehead atoms. The second-order valence-electron chi connectivity index (χ2n) is 5.11. The van der Waals surface area contributed by atoms with Gasteiger partial charge in [-0.3, -0.25) is 14.3 Å². The molecular weight excluding hydrogens is 300 g/mol. The number of para-hydroxylation sites is 1. The molecule has 0 fully saturated rings. The molecule has 1 aliphatic rings. The number of aromatic nitrogens is 2. The number of benzene rings is 1. The van der Waals surface area contributed by atoms with Gasteiger partial charge in [-0.15, -0.1) is 0 Å². The summed E-state index contributed by atoms with van der Waals surface area (Å²) in [6.45, 7) is 2.63. The first-order valence-corrected chi connectivity index (χ1v) is 7.76. The topological polar surface area (TPSA) is 76.0 Å². The maximum Gasteiger partial charge on any atom is 0.250 e. The van der Waals surface area contributed by atoms with E-state index in [4.69, 9.17) is 0 Å². The maximum absolute atomic E-state index is 12.4. The number of anilines is 1. The van der Waals surface area contributed by atoms with Crippen LogP contribution in [0.15, 0.2) is 47.6 Å². The average molecular weight is 316 g/mol. The monoisotopic (exact) mass is 316 g/mol. The number of carbonyl (C=O) groups excluding carboxylic acids is 2. The van der Waals surface area contributed by atoms with Crippen molar-refractivity contribution in [2.75, 3.05) is 11.9 Å². The molecule has 0 saturated carbocycles. The van der Waals surface area contributed by atoms with Crippen molar-refractivity contribution < 1.29 is 9.59 Å². The maximum atomic E-state index is 12.4. The molecule has 1 aromatic heterocycles. The summed E-state index contributed by atoms with van der Waals surface area (Å²) in [5.41, 5.74) is 0.749. The number of thioether (sulfide) groups is 1. The minimum absolute atomic E-state index is 0.295. The number of nitrogens with one attached hydrogen (secondary N) is 2. The van der Waals surface area contributed by atoms with Gasteiger partial charge in [0.2, 0.25) is 11.8 Å². The minimum Gasteiger partial charge on any atom is -0.353 e. The summed E-state index contributed by atoms with van der Waals surface area (Å²) in [7, 11) is 0. The third-order valence-corrected chi connectivity index (χ3v) is 4.86. The molecule has 22 heavy (non-hydrogen) atoms. The first-order valence-electron chi connectivity index (χ1n) is 6.95. The zero-order chi connectivity index (χ0) is 15.6. The molecule has 6 nitrogen and oxygen atoms in total. The van der Waals surface area contributed by atoms with Gasteiger partial charge in [-0.05, 0) is 25.1 Å². The van der Waals surface area contributed by atoms with Gasteiger partial charge in [-0.1, -0.05) is 23.9 Å². The predicted octanol–water partition coefficient (Wildman–Crippen LogP) is 1.50. The third kappa shape index (κ3) is 2.71. The predicted molar refractivity (Wildman–Crippen MR) is 84.6 cm³/mol. The lowest BCUT2D eigenvalue weighted by atomic mass is 10.1. The molecule has 2 heterocycles. The van der Waals surface area contributed by atoms with Gasteiger partial charge in [0.05, 0.1) is 12.2 Å². The molecule has 2 aromatic rings. The van der Waals surface area contributed by atoms with E-state index in [0.29, 0.717) is 13.1 Å². The fourth-order valence-electron chi connectivity index (χ4n) is 2.20. The molecule has 2 amide bonds. The smallest absolute Gasteiger partial charge is 0.250 e. The minimum atomic E-state index is -1.17. The van der Waals surface area contributed by atoms with E-state index >= 15 is 0 Å². The highest BCUT2D eigenvalue weighted by molar-refractivity contribution is 8.02. The molecule has 0 radical (unpaired) electrons. The van der Waals surface area contributed by atoms with Crippen molar-refractivity contribution in [1.29, 1.82) is 0 Å². The highest BCUT2D eigenvalue weighted by Gasteiger charge is 2.45. The lowest BCUT2D eigenvalue weighted by Crippen LogP contribution is -2.52. The molecule has 7 heteroatoms. The fourth-order valence-corrected chi connectivity index (χ4v) is 3.33. The van der Waals surface area contributed by atoms with Crippen molar-refractivity contribution in [3.05, 3.63) is 42.7 Å². The number of amides is 2. The van der Waals surface area contributed by atoms with Gasteiger partial charge in [-0.2, -0.15) is 5.10 Å². The summed E-state index contributed by atoms with van der Waals surface area (Å²) in [5.74, 6) is -0.593. The van der Waals surface area contributed by atoms with Crippen LogP contribution in [0.1, 0.15) is 6.92 Å². The second kappa shape index (κ2) is 5.84. The second-order valence-corrected chi connectivity index (χ2v) is 6.57. The van der Waals surface area contributed by atoms with E-state index in [-0.39, 0.29) is 11.8 Å². The lowest BCUT2D eigenvalue weighted by Gasteiger charge is -2.31. The summed E-state index contributed by atoms with van der Waals surface area (Å²) < 4.78 is 0.560. The number of hydrogen-bond donors (Lipinski definition) is 2. The van der Waals surface area contributed by atoms with E-state index in [1.165, 1.54) is 11.8 Å². The fraction of sp³-hybridized carbons (Fsp3) is 0.267. The van der Waals surface area contributed by atoms with Crippen molar-refractivity contribution in [3.63, 3.8) is 0 Å². The van der Waals surface area contributed by atoms with Gasteiger partial charge in [0.1, 0.15) is 0 Å². The SMILES string of the molecule is C[C@]1(C(=O)NCCn2cccn2)Sc2ccccc2NC1=O. The third-order valence-electron chi connectivity index (χ3n) is 3.50. The van der Waals surface area contributed by atoms with E-state index in [1.807, 2.05) is 36.5 Å². The molecule has 0 aliphatic carbocycles. The summed E-state index contributed by atoms with van der Waals surface area (Å²) in [5, 5.41) is 9.68. The largest absolute Gasteiger partial charge is 0.353 e.